The number of rotatable bonds is 6. The van der Waals surface area contributed by atoms with Crippen LogP contribution in [0.15, 0.2) is 84.8 Å². The van der Waals surface area contributed by atoms with Gasteiger partial charge in [0.2, 0.25) is 0 Å². The van der Waals surface area contributed by atoms with Crippen LogP contribution in [0.5, 0.6) is 0 Å². The van der Waals surface area contributed by atoms with Crippen molar-refractivity contribution in [3.8, 4) is 11.3 Å². The molecule has 0 aliphatic heterocycles. The molecule has 3 nitrogen and oxygen atoms in total. The number of aldehydes is 1. The van der Waals surface area contributed by atoms with Crippen molar-refractivity contribution in [2.75, 3.05) is 12.4 Å². The molecule has 1 N–H and O–H groups in total. The van der Waals surface area contributed by atoms with Crippen molar-refractivity contribution in [3.63, 3.8) is 0 Å². The van der Waals surface area contributed by atoms with Crippen LogP contribution in [0.4, 0.5) is 5.13 Å². The molecule has 0 spiro atoms. The summed E-state index contributed by atoms with van der Waals surface area (Å²) in [6.07, 6.45) is 3.65. The van der Waals surface area contributed by atoms with E-state index in [0.717, 1.165) is 45.3 Å². The number of carbonyl (C=O) groups is 1. The fraction of sp³-hybridized carbons (Fsp3) is 0.200. The van der Waals surface area contributed by atoms with Crippen LogP contribution >= 0.6 is 22.9 Å². The lowest BCUT2D eigenvalue weighted by Crippen LogP contribution is -2.18. The van der Waals surface area contributed by atoms with E-state index >= 15 is 0 Å². The zero-order valence-electron chi connectivity index (χ0n) is 17.2. The smallest absolute Gasteiger partial charge is 0.182 e. The van der Waals surface area contributed by atoms with Crippen LogP contribution in [-0.4, -0.2) is 18.3 Å². The molecule has 1 fully saturated rings. The Labute approximate surface area is 187 Å². The molecule has 2 unspecified atom stereocenters. The lowest BCUT2D eigenvalue weighted by Gasteiger charge is -2.21. The summed E-state index contributed by atoms with van der Waals surface area (Å²) in [4.78, 5) is 15.6. The summed E-state index contributed by atoms with van der Waals surface area (Å²) in [7, 11) is 1.87. The molecule has 5 heteroatoms. The highest BCUT2D eigenvalue weighted by atomic mass is 35.5. The Morgan fingerprint density at radius 3 is 2.37 bits per heavy atom. The summed E-state index contributed by atoms with van der Waals surface area (Å²) in [5.74, 6) is 0. The Hall–Kier alpha value is -2.69. The second-order valence-corrected chi connectivity index (χ2v) is 8.80. The highest BCUT2D eigenvalue weighted by Gasteiger charge is 2.66. The summed E-state index contributed by atoms with van der Waals surface area (Å²) in [6, 6.07) is 17.8. The van der Waals surface area contributed by atoms with E-state index in [1.165, 1.54) is 0 Å². The van der Waals surface area contributed by atoms with Gasteiger partial charge < -0.3 is 10.1 Å². The maximum atomic E-state index is 11.2. The third kappa shape index (κ3) is 4.11. The SMILES string of the molecule is C=CC(=C)C1(c2ccccc2)CC1(C)C=O.CNc1nc(-c2ccc(Cl)cc2)cs1. The molecule has 1 aromatic heterocycles. The fourth-order valence-electron chi connectivity index (χ4n) is 3.79. The van der Waals surface area contributed by atoms with E-state index in [2.05, 4.69) is 35.6 Å². The summed E-state index contributed by atoms with van der Waals surface area (Å²) < 4.78 is 0. The first-order valence-electron chi connectivity index (χ1n) is 9.63. The first-order valence-corrected chi connectivity index (χ1v) is 10.9. The second kappa shape index (κ2) is 8.99. The zero-order valence-corrected chi connectivity index (χ0v) is 18.8. The van der Waals surface area contributed by atoms with E-state index in [1.54, 1.807) is 17.4 Å². The molecule has 0 saturated heterocycles. The van der Waals surface area contributed by atoms with E-state index in [-0.39, 0.29) is 10.8 Å². The average Bonchev–Trinajstić information content (AvgIpc) is 3.17. The standard InChI is InChI=1S/C15H16O.C10H9ClN2S/c1-4-12(2)15(10-14(15,3)11-16)13-8-6-5-7-9-13;1-12-10-13-9(6-14-10)7-2-4-8(11)5-3-7/h4-9,11H,1-2,10H2,3H3;2-6H,1H3,(H,12,13). The van der Waals surface area contributed by atoms with Crippen molar-refractivity contribution in [3.05, 3.63) is 95.4 Å². The maximum Gasteiger partial charge on any atom is 0.182 e. The molecule has 3 aromatic rings. The number of allylic oxidation sites excluding steroid dienone is 2. The van der Waals surface area contributed by atoms with Crippen LogP contribution in [0.3, 0.4) is 0 Å². The molecule has 1 aliphatic rings. The molecule has 1 saturated carbocycles. The molecule has 0 amide bonds. The van der Waals surface area contributed by atoms with Crippen molar-refractivity contribution in [1.29, 1.82) is 0 Å². The summed E-state index contributed by atoms with van der Waals surface area (Å²) >= 11 is 7.39. The van der Waals surface area contributed by atoms with Gasteiger partial charge in [-0.2, -0.15) is 0 Å². The Bertz CT molecular complexity index is 1040. The topological polar surface area (TPSA) is 42.0 Å². The lowest BCUT2D eigenvalue weighted by molar-refractivity contribution is -0.112. The molecule has 0 bridgehead atoms. The van der Waals surface area contributed by atoms with Crippen LogP contribution in [0.2, 0.25) is 5.02 Å². The van der Waals surface area contributed by atoms with E-state index in [9.17, 15) is 4.79 Å². The van der Waals surface area contributed by atoms with Gasteiger partial charge in [0, 0.05) is 33.8 Å². The van der Waals surface area contributed by atoms with Gasteiger partial charge in [-0.05, 0) is 29.7 Å². The number of carbonyl (C=O) groups excluding carboxylic acids is 1. The predicted molar refractivity (Wildman–Crippen MR) is 128 cm³/mol. The number of anilines is 1. The van der Waals surface area contributed by atoms with Gasteiger partial charge in [-0.15, -0.1) is 11.3 Å². The van der Waals surface area contributed by atoms with Crippen LogP contribution in [0.1, 0.15) is 18.9 Å². The van der Waals surface area contributed by atoms with Crippen molar-refractivity contribution in [1.82, 2.24) is 4.98 Å². The van der Waals surface area contributed by atoms with Crippen molar-refractivity contribution < 1.29 is 4.79 Å². The molecule has 2 aromatic carbocycles. The van der Waals surface area contributed by atoms with Crippen molar-refractivity contribution in [2.24, 2.45) is 5.41 Å². The number of halogens is 1. The lowest BCUT2D eigenvalue weighted by atomic mass is 9.82. The number of nitrogens with zero attached hydrogens (tertiary/aromatic N) is 1. The Balaban J connectivity index is 0.000000172. The van der Waals surface area contributed by atoms with E-state index in [1.807, 2.05) is 61.8 Å². The zero-order chi connectivity index (χ0) is 21.8. The third-order valence-corrected chi connectivity index (χ3v) is 6.77. The van der Waals surface area contributed by atoms with Crippen LogP contribution in [-0.2, 0) is 10.2 Å². The Kier molecular flexibility index (Phi) is 6.59. The molecular formula is C25H25ClN2OS. The van der Waals surface area contributed by atoms with Crippen molar-refractivity contribution >= 4 is 34.4 Å². The van der Waals surface area contributed by atoms with Gasteiger partial charge in [-0.1, -0.05) is 80.2 Å². The summed E-state index contributed by atoms with van der Waals surface area (Å²) in [6.45, 7) is 9.81. The van der Waals surface area contributed by atoms with Crippen LogP contribution in [0.25, 0.3) is 11.3 Å². The monoisotopic (exact) mass is 436 g/mol. The molecular weight excluding hydrogens is 412 g/mol. The average molecular weight is 437 g/mol. The number of aromatic nitrogens is 1. The van der Waals surface area contributed by atoms with Gasteiger partial charge in [-0.25, -0.2) is 4.98 Å². The first kappa shape index (κ1) is 22.0. The minimum atomic E-state index is -0.320. The van der Waals surface area contributed by atoms with Gasteiger partial charge >= 0.3 is 0 Å². The first-order chi connectivity index (χ1) is 14.4. The van der Waals surface area contributed by atoms with Gasteiger partial charge in [0.05, 0.1) is 5.69 Å². The largest absolute Gasteiger partial charge is 0.365 e. The van der Waals surface area contributed by atoms with Gasteiger partial charge in [-0.3, -0.25) is 0 Å². The molecule has 1 heterocycles. The van der Waals surface area contributed by atoms with Gasteiger partial charge in [0.1, 0.15) is 6.29 Å². The number of thiazole rings is 1. The number of hydrogen-bond acceptors (Lipinski definition) is 4. The Morgan fingerprint density at radius 1 is 1.20 bits per heavy atom. The Morgan fingerprint density at radius 2 is 1.87 bits per heavy atom. The normalized spacial score (nSPS) is 21.7. The molecule has 1 aliphatic carbocycles. The van der Waals surface area contributed by atoms with E-state index in [0.29, 0.717) is 0 Å². The molecule has 30 heavy (non-hydrogen) atoms. The van der Waals surface area contributed by atoms with Gasteiger partial charge in [0.25, 0.3) is 0 Å². The van der Waals surface area contributed by atoms with Crippen molar-refractivity contribution in [2.45, 2.75) is 18.8 Å². The summed E-state index contributed by atoms with van der Waals surface area (Å²) in [5, 5.41) is 6.71. The maximum absolute atomic E-state index is 11.2. The van der Waals surface area contributed by atoms with Crippen LogP contribution in [0, 0.1) is 5.41 Å². The number of hydrogen-bond donors (Lipinski definition) is 1. The molecule has 4 rings (SSSR count). The fourth-order valence-corrected chi connectivity index (χ4v) is 4.59. The highest BCUT2D eigenvalue weighted by Crippen LogP contribution is 2.67. The second-order valence-electron chi connectivity index (χ2n) is 7.51. The predicted octanol–water partition coefficient (Wildman–Crippen LogP) is 6.78. The van der Waals surface area contributed by atoms with E-state index in [4.69, 9.17) is 11.6 Å². The quantitative estimate of drug-likeness (QED) is 0.342. The minimum absolute atomic E-state index is 0.224. The number of benzene rings is 2. The molecule has 154 valence electrons. The molecule has 0 radical (unpaired) electrons. The minimum Gasteiger partial charge on any atom is -0.365 e. The third-order valence-electron chi connectivity index (χ3n) is 5.66. The summed E-state index contributed by atoms with van der Waals surface area (Å²) in [5.41, 5.74) is 3.63. The molecule has 2 atom stereocenters. The van der Waals surface area contributed by atoms with Crippen LogP contribution < -0.4 is 5.32 Å². The highest BCUT2D eigenvalue weighted by molar-refractivity contribution is 7.14. The van der Waals surface area contributed by atoms with E-state index < -0.39 is 0 Å². The number of nitrogens with one attached hydrogen (secondary N) is 1. The van der Waals surface area contributed by atoms with Gasteiger partial charge in [0.15, 0.2) is 5.13 Å².